The monoisotopic (exact) mass is 328 g/mol. The number of anilines is 1. The molecule has 1 aromatic carbocycles. The summed E-state index contributed by atoms with van der Waals surface area (Å²) in [5, 5.41) is 0. The van der Waals surface area contributed by atoms with Crippen molar-refractivity contribution in [2.24, 2.45) is 4.99 Å². The molecule has 4 heteroatoms. The average molecular weight is 330 g/mol. The quantitative estimate of drug-likeness (QED) is 0.761. The van der Waals surface area contributed by atoms with Crippen LogP contribution < -0.4 is 4.90 Å². The van der Waals surface area contributed by atoms with Gasteiger partial charge in [-0.05, 0) is 31.2 Å². The number of nitrogens with zero attached hydrogens (tertiary/aromatic N) is 2. The van der Waals surface area contributed by atoms with Gasteiger partial charge in [-0.3, -0.25) is 4.99 Å². The number of hydrogen-bond acceptors (Lipinski definition) is 2. The van der Waals surface area contributed by atoms with Crippen molar-refractivity contribution < 1.29 is 0 Å². The maximum atomic E-state index is 4.37. The molecule has 1 aliphatic rings. The molecule has 0 saturated heterocycles. The molecule has 0 aromatic heterocycles. The fourth-order valence-electron chi connectivity index (χ4n) is 1.36. The van der Waals surface area contributed by atoms with Gasteiger partial charge in [0.2, 0.25) is 0 Å². The number of aliphatic imine (C=N–C) groups is 1. The van der Waals surface area contributed by atoms with Crippen LogP contribution in [0, 0.1) is 0 Å². The van der Waals surface area contributed by atoms with Gasteiger partial charge in [-0.15, -0.1) is 0 Å². The molecule has 1 heterocycles. The van der Waals surface area contributed by atoms with Gasteiger partial charge in [0.1, 0.15) is 6.67 Å². The van der Waals surface area contributed by atoms with Crippen LogP contribution in [0.4, 0.5) is 5.69 Å². The molecule has 1 aliphatic heterocycles. The van der Waals surface area contributed by atoms with E-state index < -0.39 is 0 Å². The molecule has 0 unspecified atom stereocenters. The molecular formula is C11H10Br2N2. The topological polar surface area (TPSA) is 15.6 Å². The smallest absolute Gasteiger partial charge is 0.114 e. The maximum Gasteiger partial charge on any atom is 0.114 e. The maximum absolute atomic E-state index is 4.37. The molecule has 0 fully saturated rings. The number of hydrogen-bond donors (Lipinski definition) is 0. The van der Waals surface area contributed by atoms with Crippen LogP contribution in [0.2, 0.25) is 0 Å². The Balaban J connectivity index is 2.28. The standard InChI is InChI=1S/C11H10Br2N2/c1-8-2-3-15(7-14-8)11-5-9(12)4-10(13)6-11/h2-6H,7H2,1H3. The van der Waals surface area contributed by atoms with Crippen molar-refractivity contribution in [3.63, 3.8) is 0 Å². The van der Waals surface area contributed by atoms with Gasteiger partial charge in [0.25, 0.3) is 0 Å². The molecule has 0 spiro atoms. The third-order valence-electron chi connectivity index (χ3n) is 2.15. The van der Waals surface area contributed by atoms with E-state index in [-0.39, 0.29) is 0 Å². The van der Waals surface area contributed by atoms with Gasteiger partial charge in [-0.1, -0.05) is 31.9 Å². The predicted molar refractivity (Wildman–Crippen MR) is 71.4 cm³/mol. The molecule has 0 bridgehead atoms. The summed E-state index contributed by atoms with van der Waals surface area (Å²) in [6.07, 6.45) is 4.06. The highest BCUT2D eigenvalue weighted by Crippen LogP contribution is 2.26. The third kappa shape index (κ3) is 2.69. The van der Waals surface area contributed by atoms with E-state index in [9.17, 15) is 0 Å². The number of benzene rings is 1. The number of rotatable bonds is 1. The lowest BCUT2D eigenvalue weighted by Crippen LogP contribution is -2.20. The fraction of sp³-hybridized carbons (Fsp3) is 0.182. The van der Waals surface area contributed by atoms with Gasteiger partial charge in [0, 0.05) is 26.5 Å². The van der Waals surface area contributed by atoms with Crippen molar-refractivity contribution in [1.82, 2.24) is 0 Å². The molecule has 0 amide bonds. The van der Waals surface area contributed by atoms with Gasteiger partial charge in [-0.2, -0.15) is 0 Å². The first-order valence-corrected chi connectivity index (χ1v) is 6.16. The molecule has 2 nitrogen and oxygen atoms in total. The Kier molecular flexibility index (Phi) is 3.26. The highest BCUT2D eigenvalue weighted by molar-refractivity contribution is 9.11. The summed E-state index contributed by atoms with van der Waals surface area (Å²) in [5.74, 6) is 0. The number of allylic oxidation sites excluding steroid dienone is 1. The second-order valence-corrected chi connectivity index (χ2v) is 5.19. The van der Waals surface area contributed by atoms with Crippen molar-refractivity contribution >= 4 is 43.3 Å². The molecule has 0 N–H and O–H groups in total. The van der Waals surface area contributed by atoms with Gasteiger partial charge < -0.3 is 4.90 Å². The summed E-state index contributed by atoms with van der Waals surface area (Å²) in [6.45, 7) is 2.69. The van der Waals surface area contributed by atoms with Crippen molar-refractivity contribution in [1.29, 1.82) is 0 Å². The predicted octanol–water partition coefficient (Wildman–Crippen LogP) is 3.96. The van der Waals surface area contributed by atoms with E-state index in [1.807, 2.05) is 19.1 Å². The highest BCUT2D eigenvalue weighted by Gasteiger charge is 2.07. The first-order chi connectivity index (χ1) is 7.15. The lowest BCUT2D eigenvalue weighted by atomic mass is 10.3. The van der Waals surface area contributed by atoms with Crippen molar-refractivity contribution in [2.45, 2.75) is 6.92 Å². The minimum Gasteiger partial charge on any atom is -0.328 e. The van der Waals surface area contributed by atoms with Crippen LogP contribution in [-0.4, -0.2) is 12.4 Å². The Hall–Kier alpha value is -0.610. The van der Waals surface area contributed by atoms with E-state index in [0.717, 1.165) is 20.3 Å². The zero-order valence-electron chi connectivity index (χ0n) is 8.24. The van der Waals surface area contributed by atoms with Gasteiger partial charge in [-0.25, -0.2) is 0 Å². The fourth-order valence-corrected chi connectivity index (χ4v) is 2.63. The van der Waals surface area contributed by atoms with Crippen LogP contribution in [0.5, 0.6) is 0 Å². The molecule has 0 aliphatic carbocycles. The summed E-state index contributed by atoms with van der Waals surface area (Å²) in [6, 6.07) is 6.17. The van der Waals surface area contributed by atoms with E-state index in [4.69, 9.17) is 0 Å². The summed E-state index contributed by atoms with van der Waals surface area (Å²) in [5.41, 5.74) is 2.20. The van der Waals surface area contributed by atoms with E-state index >= 15 is 0 Å². The Morgan fingerprint density at radius 1 is 1.20 bits per heavy atom. The van der Waals surface area contributed by atoms with E-state index in [2.05, 4.69) is 60.1 Å². The summed E-state index contributed by atoms with van der Waals surface area (Å²) in [7, 11) is 0. The van der Waals surface area contributed by atoms with Crippen molar-refractivity contribution in [3.05, 3.63) is 39.4 Å². The highest BCUT2D eigenvalue weighted by atomic mass is 79.9. The molecule has 0 saturated carbocycles. The summed E-state index contributed by atoms with van der Waals surface area (Å²) >= 11 is 6.95. The van der Waals surface area contributed by atoms with Crippen LogP contribution in [0.3, 0.4) is 0 Å². The zero-order chi connectivity index (χ0) is 10.8. The Morgan fingerprint density at radius 3 is 2.40 bits per heavy atom. The second-order valence-electron chi connectivity index (χ2n) is 3.35. The lowest BCUT2D eigenvalue weighted by molar-refractivity contribution is 0.960. The first kappa shape index (κ1) is 10.9. The van der Waals surface area contributed by atoms with Gasteiger partial charge >= 0.3 is 0 Å². The first-order valence-electron chi connectivity index (χ1n) is 4.57. The van der Waals surface area contributed by atoms with Crippen LogP contribution in [-0.2, 0) is 0 Å². The Labute approximate surface area is 106 Å². The van der Waals surface area contributed by atoms with Crippen LogP contribution in [0.1, 0.15) is 6.92 Å². The molecule has 0 atom stereocenters. The molecular weight excluding hydrogens is 320 g/mol. The van der Waals surface area contributed by atoms with E-state index in [1.165, 1.54) is 0 Å². The summed E-state index contributed by atoms with van der Waals surface area (Å²) < 4.78 is 2.12. The SMILES string of the molecule is CC1=NCN(c2cc(Br)cc(Br)c2)C=C1. The zero-order valence-corrected chi connectivity index (χ0v) is 11.4. The van der Waals surface area contributed by atoms with E-state index in [0.29, 0.717) is 6.67 Å². The van der Waals surface area contributed by atoms with Gasteiger partial charge in [0.05, 0.1) is 0 Å². The largest absolute Gasteiger partial charge is 0.328 e. The minimum atomic E-state index is 0.686. The molecule has 2 rings (SSSR count). The van der Waals surface area contributed by atoms with Crippen LogP contribution >= 0.6 is 31.9 Å². The molecule has 1 aromatic rings. The normalized spacial score (nSPS) is 15.4. The van der Waals surface area contributed by atoms with Crippen molar-refractivity contribution in [2.75, 3.05) is 11.6 Å². The van der Waals surface area contributed by atoms with Crippen LogP contribution in [0.15, 0.2) is 44.4 Å². The third-order valence-corrected chi connectivity index (χ3v) is 3.06. The molecule has 0 radical (unpaired) electrons. The lowest BCUT2D eigenvalue weighted by Gasteiger charge is -2.21. The van der Waals surface area contributed by atoms with Crippen LogP contribution in [0.25, 0.3) is 0 Å². The van der Waals surface area contributed by atoms with E-state index in [1.54, 1.807) is 0 Å². The Morgan fingerprint density at radius 2 is 1.87 bits per heavy atom. The summed E-state index contributed by atoms with van der Waals surface area (Å²) in [4.78, 5) is 6.47. The minimum absolute atomic E-state index is 0.686. The average Bonchev–Trinajstić information content (AvgIpc) is 2.17. The molecule has 78 valence electrons. The van der Waals surface area contributed by atoms with Gasteiger partial charge in [0.15, 0.2) is 0 Å². The number of halogens is 2. The second kappa shape index (κ2) is 4.49. The molecule has 15 heavy (non-hydrogen) atoms. The van der Waals surface area contributed by atoms with Crippen molar-refractivity contribution in [3.8, 4) is 0 Å². The Bertz CT molecular complexity index is 418.